The Balaban J connectivity index is 1.42. The van der Waals surface area contributed by atoms with Crippen molar-refractivity contribution in [3.8, 4) is 12.1 Å². The van der Waals surface area contributed by atoms with Gasteiger partial charge in [0.1, 0.15) is 6.04 Å². The maximum absolute atomic E-state index is 12.9. The average molecular weight is 378 g/mol. The molecule has 0 spiro atoms. The van der Waals surface area contributed by atoms with Gasteiger partial charge in [0, 0.05) is 25.3 Å². The maximum atomic E-state index is 12.9. The van der Waals surface area contributed by atoms with E-state index < -0.39 is 12.1 Å². The van der Waals surface area contributed by atoms with E-state index in [0.29, 0.717) is 38.0 Å². The molecule has 4 rings (SSSR count). The van der Waals surface area contributed by atoms with Crippen LogP contribution >= 0.6 is 0 Å². The van der Waals surface area contributed by atoms with Crippen LogP contribution in [0.4, 0.5) is 5.69 Å². The van der Waals surface area contributed by atoms with Gasteiger partial charge in [-0.25, -0.2) is 0 Å². The highest BCUT2D eigenvalue weighted by atomic mass is 16.2. The van der Waals surface area contributed by atoms with Crippen molar-refractivity contribution in [2.24, 2.45) is 5.73 Å². The molecule has 3 aliphatic rings. The summed E-state index contributed by atoms with van der Waals surface area (Å²) in [6.07, 6.45) is 2.21. The second-order valence-electron chi connectivity index (χ2n) is 7.65. The van der Waals surface area contributed by atoms with Crippen LogP contribution in [0.1, 0.15) is 24.8 Å². The second kappa shape index (κ2) is 7.23. The lowest BCUT2D eigenvalue weighted by Crippen LogP contribution is -2.56. The number of benzene rings is 1. The fourth-order valence-electron chi connectivity index (χ4n) is 4.64. The molecule has 4 atom stereocenters. The molecule has 3 unspecified atom stereocenters. The lowest BCUT2D eigenvalue weighted by molar-refractivity contribution is -0.134. The second-order valence-corrected chi connectivity index (χ2v) is 7.65. The molecule has 0 saturated carbocycles. The maximum Gasteiger partial charge on any atom is 0.244 e. The summed E-state index contributed by atoms with van der Waals surface area (Å²) in [4.78, 5) is 30.9. The van der Waals surface area contributed by atoms with Gasteiger partial charge in [0.15, 0.2) is 0 Å². The smallest absolute Gasteiger partial charge is 0.244 e. The van der Waals surface area contributed by atoms with E-state index in [9.17, 15) is 14.9 Å². The van der Waals surface area contributed by atoms with Gasteiger partial charge in [0.25, 0.3) is 0 Å². The Morgan fingerprint density at radius 1 is 1.36 bits per heavy atom. The van der Waals surface area contributed by atoms with Crippen molar-refractivity contribution in [2.45, 2.75) is 43.4 Å². The fourth-order valence-corrected chi connectivity index (χ4v) is 4.64. The number of nitrogens with zero attached hydrogens (tertiary/aromatic N) is 5. The zero-order chi connectivity index (χ0) is 19.8. The summed E-state index contributed by atoms with van der Waals surface area (Å²) in [7, 11) is 0. The van der Waals surface area contributed by atoms with Crippen molar-refractivity contribution in [3.05, 3.63) is 29.8 Å². The molecule has 3 aliphatic heterocycles. The van der Waals surface area contributed by atoms with Crippen LogP contribution in [0.5, 0.6) is 0 Å². The summed E-state index contributed by atoms with van der Waals surface area (Å²) in [6.45, 7) is 1.53. The number of nitrogens with two attached hydrogens (primary N) is 1. The van der Waals surface area contributed by atoms with Crippen LogP contribution in [0.3, 0.4) is 0 Å². The Kier molecular flexibility index (Phi) is 4.76. The Hall–Kier alpha value is -2.94. The lowest BCUT2D eigenvalue weighted by Gasteiger charge is -2.35. The van der Waals surface area contributed by atoms with Crippen LogP contribution in [0.15, 0.2) is 24.3 Å². The summed E-state index contributed by atoms with van der Waals surface area (Å²) in [5, 5.41) is 18.3. The molecule has 1 aromatic carbocycles. The van der Waals surface area contributed by atoms with Crippen molar-refractivity contribution >= 4 is 17.5 Å². The first-order chi connectivity index (χ1) is 13.5. The van der Waals surface area contributed by atoms with E-state index in [2.05, 4.69) is 12.1 Å². The molecule has 28 heavy (non-hydrogen) atoms. The number of nitriles is 2. The van der Waals surface area contributed by atoms with Crippen LogP contribution in [-0.2, 0) is 9.59 Å². The van der Waals surface area contributed by atoms with Crippen molar-refractivity contribution < 1.29 is 9.59 Å². The molecule has 2 N–H and O–H groups in total. The summed E-state index contributed by atoms with van der Waals surface area (Å²) < 4.78 is 0. The molecule has 1 aromatic rings. The fraction of sp³-hybridized carbons (Fsp3) is 0.500. The van der Waals surface area contributed by atoms with E-state index in [4.69, 9.17) is 11.0 Å². The monoisotopic (exact) mass is 378 g/mol. The molecule has 0 aromatic heterocycles. The first-order valence-electron chi connectivity index (χ1n) is 9.56. The number of hydrogen-bond donors (Lipinski definition) is 1. The van der Waals surface area contributed by atoms with E-state index in [1.165, 1.54) is 0 Å². The van der Waals surface area contributed by atoms with Crippen molar-refractivity contribution in [2.75, 3.05) is 24.5 Å². The van der Waals surface area contributed by atoms with Gasteiger partial charge in [-0.3, -0.25) is 14.5 Å². The van der Waals surface area contributed by atoms with E-state index in [1.807, 2.05) is 11.0 Å². The van der Waals surface area contributed by atoms with Crippen LogP contribution in [0.25, 0.3) is 0 Å². The van der Waals surface area contributed by atoms with Gasteiger partial charge in [0.05, 0.1) is 35.8 Å². The number of amides is 2. The van der Waals surface area contributed by atoms with Gasteiger partial charge in [0.2, 0.25) is 11.8 Å². The SMILES string of the molecule is N#Cc1cccc(N2C(=O)C3C[C@H]2CN3CC(N)C(=O)N2CCCC2C#N)c1. The molecule has 2 bridgehead atoms. The Labute approximate surface area is 163 Å². The van der Waals surface area contributed by atoms with E-state index >= 15 is 0 Å². The number of piperazine rings is 1. The minimum Gasteiger partial charge on any atom is -0.325 e. The van der Waals surface area contributed by atoms with E-state index in [-0.39, 0.29) is 23.9 Å². The van der Waals surface area contributed by atoms with Crippen molar-refractivity contribution in [1.29, 1.82) is 10.5 Å². The van der Waals surface area contributed by atoms with Gasteiger partial charge in [-0.05, 0) is 37.5 Å². The zero-order valence-electron chi connectivity index (χ0n) is 15.5. The van der Waals surface area contributed by atoms with Gasteiger partial charge in [-0.2, -0.15) is 10.5 Å². The lowest BCUT2D eigenvalue weighted by atomic mass is 10.1. The highest BCUT2D eigenvalue weighted by Gasteiger charge is 2.50. The van der Waals surface area contributed by atoms with Gasteiger partial charge >= 0.3 is 0 Å². The highest BCUT2D eigenvalue weighted by Crippen LogP contribution is 2.36. The molecular formula is C20H22N6O2. The van der Waals surface area contributed by atoms with Crippen LogP contribution in [0, 0.1) is 22.7 Å². The van der Waals surface area contributed by atoms with Gasteiger partial charge in [-0.1, -0.05) is 6.07 Å². The van der Waals surface area contributed by atoms with Crippen LogP contribution in [0.2, 0.25) is 0 Å². The summed E-state index contributed by atoms with van der Waals surface area (Å²) >= 11 is 0. The molecular weight excluding hydrogens is 356 g/mol. The third kappa shape index (κ3) is 3.01. The van der Waals surface area contributed by atoms with Gasteiger partial charge < -0.3 is 15.5 Å². The molecule has 8 heteroatoms. The Morgan fingerprint density at radius 2 is 2.18 bits per heavy atom. The standard InChI is InChI=1S/C20H22N6O2/c21-9-13-3-1-4-14(7-13)26-16-8-18(20(26)28)24(11-16)12-17(23)19(27)25-6-2-5-15(25)10-22/h1,3-4,7,15-18H,2,5-6,8,11-12,23H2/t15?,16-,17?,18?/m0/s1. The van der Waals surface area contributed by atoms with E-state index in [0.717, 1.165) is 12.1 Å². The molecule has 0 aliphatic carbocycles. The molecule has 0 radical (unpaired) electrons. The first kappa shape index (κ1) is 18.4. The number of hydrogen-bond acceptors (Lipinski definition) is 6. The topological polar surface area (TPSA) is 117 Å². The molecule has 3 fully saturated rings. The number of likely N-dealkylation sites (tertiary alicyclic amines) is 2. The van der Waals surface area contributed by atoms with Crippen molar-refractivity contribution in [3.63, 3.8) is 0 Å². The van der Waals surface area contributed by atoms with Gasteiger partial charge in [-0.15, -0.1) is 0 Å². The third-order valence-electron chi connectivity index (χ3n) is 5.96. The molecule has 8 nitrogen and oxygen atoms in total. The molecule has 3 saturated heterocycles. The number of carbonyl (C=O) groups is 2. The minimum absolute atomic E-state index is 0.0120. The normalized spacial score (nSPS) is 27.7. The number of anilines is 1. The van der Waals surface area contributed by atoms with E-state index in [1.54, 1.807) is 28.0 Å². The number of rotatable bonds is 4. The minimum atomic E-state index is -0.739. The summed E-state index contributed by atoms with van der Waals surface area (Å²) in [6, 6.07) is 9.93. The molecule has 2 amide bonds. The average Bonchev–Trinajstić information content (AvgIpc) is 3.41. The number of carbonyl (C=O) groups excluding carboxylic acids is 2. The third-order valence-corrected chi connectivity index (χ3v) is 5.96. The summed E-state index contributed by atoms with van der Waals surface area (Å²) in [5.41, 5.74) is 7.42. The number of fused-ring (bicyclic) bond motifs is 2. The zero-order valence-corrected chi connectivity index (χ0v) is 15.5. The molecule has 144 valence electrons. The van der Waals surface area contributed by atoms with Crippen LogP contribution < -0.4 is 10.6 Å². The predicted molar refractivity (Wildman–Crippen MR) is 101 cm³/mol. The summed E-state index contributed by atoms with van der Waals surface area (Å²) in [5.74, 6) is -0.222. The van der Waals surface area contributed by atoms with Crippen molar-refractivity contribution in [1.82, 2.24) is 9.80 Å². The Morgan fingerprint density at radius 3 is 2.89 bits per heavy atom. The quantitative estimate of drug-likeness (QED) is 0.799. The Bertz CT molecular complexity index is 887. The predicted octanol–water partition coefficient (Wildman–Crippen LogP) is 0.190. The molecule has 3 heterocycles. The highest BCUT2D eigenvalue weighted by molar-refractivity contribution is 6.01. The first-order valence-corrected chi connectivity index (χ1v) is 9.56. The largest absolute Gasteiger partial charge is 0.325 e. The van der Waals surface area contributed by atoms with Crippen LogP contribution in [-0.4, -0.2) is 65.4 Å².